The number of hydrogen-bond acceptors (Lipinski definition) is 2. The molecular formula is C11H7BrClFN2O. The van der Waals surface area contributed by atoms with Crippen molar-refractivity contribution in [3.05, 3.63) is 51.2 Å². The van der Waals surface area contributed by atoms with Crippen molar-refractivity contribution >= 4 is 33.3 Å². The van der Waals surface area contributed by atoms with E-state index in [-0.39, 0.29) is 16.3 Å². The summed E-state index contributed by atoms with van der Waals surface area (Å²) in [7, 11) is 1.73. The van der Waals surface area contributed by atoms with Gasteiger partial charge >= 0.3 is 0 Å². The average molecular weight is 318 g/mol. The molecule has 1 heterocycles. The molecule has 0 aliphatic rings. The van der Waals surface area contributed by atoms with Gasteiger partial charge in [0.05, 0.1) is 16.9 Å². The van der Waals surface area contributed by atoms with Gasteiger partial charge in [0.15, 0.2) is 5.82 Å². The Morgan fingerprint density at radius 3 is 2.82 bits per heavy atom. The first-order chi connectivity index (χ1) is 8.00. The quantitative estimate of drug-likeness (QED) is 0.630. The molecule has 17 heavy (non-hydrogen) atoms. The summed E-state index contributed by atoms with van der Waals surface area (Å²) < 4.78 is 15.8. The largest absolute Gasteiger partial charge is 0.340 e. The first kappa shape index (κ1) is 12.3. The molecule has 0 aliphatic carbocycles. The third kappa shape index (κ3) is 2.25. The second-order valence-corrected chi connectivity index (χ2v) is 4.71. The maximum atomic E-state index is 13.8. The Bertz CT molecular complexity index is 597. The van der Waals surface area contributed by atoms with E-state index in [0.29, 0.717) is 4.47 Å². The van der Waals surface area contributed by atoms with Gasteiger partial charge < -0.3 is 4.57 Å². The minimum atomic E-state index is -0.739. The summed E-state index contributed by atoms with van der Waals surface area (Å²) in [5, 5.41) is -0.105. The number of aryl methyl sites for hydroxylation is 1. The molecule has 3 nitrogen and oxygen atoms in total. The predicted molar refractivity (Wildman–Crippen MR) is 65.8 cm³/mol. The topological polar surface area (TPSA) is 34.9 Å². The van der Waals surface area contributed by atoms with Gasteiger partial charge in [0.2, 0.25) is 5.78 Å². The van der Waals surface area contributed by atoms with Crippen LogP contribution in [0.1, 0.15) is 16.1 Å². The maximum absolute atomic E-state index is 13.8. The number of ketones is 1. The number of halogens is 3. The zero-order valence-electron chi connectivity index (χ0n) is 8.75. The number of imidazole rings is 1. The van der Waals surface area contributed by atoms with Crippen molar-refractivity contribution in [3.63, 3.8) is 0 Å². The van der Waals surface area contributed by atoms with Crippen LogP contribution in [-0.2, 0) is 7.05 Å². The fourth-order valence-corrected chi connectivity index (χ4v) is 1.84. The Morgan fingerprint density at radius 2 is 2.24 bits per heavy atom. The highest BCUT2D eigenvalue weighted by Gasteiger charge is 2.19. The third-order valence-corrected chi connectivity index (χ3v) is 3.48. The molecule has 0 aliphatic heterocycles. The van der Waals surface area contributed by atoms with Gasteiger partial charge in [-0.25, -0.2) is 9.37 Å². The van der Waals surface area contributed by atoms with E-state index in [0.717, 1.165) is 0 Å². The van der Waals surface area contributed by atoms with Crippen LogP contribution in [0, 0.1) is 5.82 Å². The summed E-state index contributed by atoms with van der Waals surface area (Å²) >= 11 is 8.81. The Hall–Kier alpha value is -1.20. The number of aromatic nitrogens is 2. The van der Waals surface area contributed by atoms with Crippen LogP contribution in [-0.4, -0.2) is 15.3 Å². The van der Waals surface area contributed by atoms with Gasteiger partial charge in [0.1, 0.15) is 5.69 Å². The van der Waals surface area contributed by atoms with Crippen LogP contribution in [0.2, 0.25) is 5.02 Å². The van der Waals surface area contributed by atoms with E-state index in [1.165, 1.54) is 24.7 Å². The molecule has 1 aromatic carbocycles. The van der Waals surface area contributed by atoms with E-state index in [1.807, 2.05) is 0 Å². The first-order valence-corrected chi connectivity index (χ1v) is 5.84. The molecule has 0 saturated carbocycles. The van der Waals surface area contributed by atoms with Crippen LogP contribution in [0.3, 0.4) is 0 Å². The molecule has 0 spiro atoms. The average Bonchev–Trinajstić information content (AvgIpc) is 2.72. The molecule has 2 rings (SSSR count). The molecule has 2 aromatic rings. The molecular weight excluding hydrogens is 310 g/mol. The van der Waals surface area contributed by atoms with Crippen molar-refractivity contribution in [2.45, 2.75) is 0 Å². The monoisotopic (exact) mass is 316 g/mol. The number of benzene rings is 1. The Balaban J connectivity index is 2.48. The second kappa shape index (κ2) is 4.58. The standard InChI is InChI=1S/C11H7BrClFN2O/c1-16-4-8(15-5-16)11(17)6-2-3-7(12)9(13)10(6)14/h2-5H,1H3. The van der Waals surface area contributed by atoms with Crippen molar-refractivity contribution in [1.82, 2.24) is 9.55 Å². The third-order valence-electron chi connectivity index (χ3n) is 2.22. The van der Waals surface area contributed by atoms with Crippen molar-refractivity contribution in [3.8, 4) is 0 Å². The summed E-state index contributed by atoms with van der Waals surface area (Å²) in [5.74, 6) is -1.23. The lowest BCUT2D eigenvalue weighted by Crippen LogP contribution is -2.05. The van der Waals surface area contributed by atoms with Gasteiger partial charge in [-0.1, -0.05) is 11.6 Å². The molecule has 0 atom stereocenters. The van der Waals surface area contributed by atoms with Crippen LogP contribution in [0.15, 0.2) is 29.1 Å². The summed E-state index contributed by atoms with van der Waals surface area (Å²) in [6.07, 6.45) is 3.00. The van der Waals surface area contributed by atoms with Gasteiger partial charge in [0, 0.05) is 17.7 Å². The zero-order valence-corrected chi connectivity index (χ0v) is 11.1. The molecule has 6 heteroatoms. The molecule has 0 fully saturated rings. The minimum Gasteiger partial charge on any atom is -0.340 e. The second-order valence-electron chi connectivity index (χ2n) is 3.48. The minimum absolute atomic E-state index is 0.0862. The number of carbonyl (C=O) groups excluding carboxylic acids is 1. The lowest BCUT2D eigenvalue weighted by molar-refractivity contribution is 0.103. The number of nitrogens with zero attached hydrogens (tertiary/aromatic N) is 2. The molecule has 0 unspecified atom stereocenters. The highest BCUT2D eigenvalue weighted by atomic mass is 79.9. The first-order valence-electron chi connectivity index (χ1n) is 4.67. The van der Waals surface area contributed by atoms with Gasteiger partial charge in [-0.3, -0.25) is 4.79 Å². The van der Waals surface area contributed by atoms with Crippen molar-refractivity contribution in [2.24, 2.45) is 7.05 Å². The molecule has 0 N–H and O–H groups in total. The number of hydrogen-bond donors (Lipinski definition) is 0. The van der Waals surface area contributed by atoms with E-state index in [1.54, 1.807) is 11.6 Å². The van der Waals surface area contributed by atoms with Crippen molar-refractivity contribution in [1.29, 1.82) is 0 Å². The summed E-state index contributed by atoms with van der Waals surface area (Å²) in [6, 6.07) is 2.91. The van der Waals surface area contributed by atoms with Crippen LogP contribution in [0.4, 0.5) is 4.39 Å². The lowest BCUT2D eigenvalue weighted by atomic mass is 10.1. The van der Waals surface area contributed by atoms with Crippen LogP contribution in [0.5, 0.6) is 0 Å². The number of carbonyl (C=O) groups is 1. The Kier molecular flexibility index (Phi) is 3.31. The zero-order chi connectivity index (χ0) is 12.6. The van der Waals surface area contributed by atoms with E-state index in [4.69, 9.17) is 11.6 Å². The number of rotatable bonds is 2. The smallest absolute Gasteiger partial charge is 0.215 e. The van der Waals surface area contributed by atoms with E-state index in [9.17, 15) is 9.18 Å². The lowest BCUT2D eigenvalue weighted by Gasteiger charge is -2.03. The summed E-state index contributed by atoms with van der Waals surface area (Å²) in [5.41, 5.74) is 0.0988. The van der Waals surface area contributed by atoms with E-state index in [2.05, 4.69) is 20.9 Å². The fraction of sp³-hybridized carbons (Fsp3) is 0.0909. The van der Waals surface area contributed by atoms with Gasteiger partial charge in [-0.2, -0.15) is 0 Å². The van der Waals surface area contributed by atoms with Gasteiger partial charge in [-0.15, -0.1) is 0 Å². The molecule has 0 saturated heterocycles. The van der Waals surface area contributed by atoms with E-state index < -0.39 is 11.6 Å². The Labute approximate surface area is 110 Å². The van der Waals surface area contributed by atoms with Crippen molar-refractivity contribution in [2.75, 3.05) is 0 Å². The molecule has 0 bridgehead atoms. The SMILES string of the molecule is Cn1cnc(C(=O)c2ccc(Br)c(Cl)c2F)c1. The highest BCUT2D eigenvalue weighted by Crippen LogP contribution is 2.28. The van der Waals surface area contributed by atoms with Crippen LogP contribution >= 0.6 is 27.5 Å². The molecule has 1 aromatic heterocycles. The van der Waals surface area contributed by atoms with Gasteiger partial charge in [-0.05, 0) is 28.1 Å². The van der Waals surface area contributed by atoms with Crippen LogP contribution < -0.4 is 0 Å². The fourth-order valence-electron chi connectivity index (χ4n) is 1.37. The molecule has 0 radical (unpaired) electrons. The summed E-state index contributed by atoms with van der Waals surface area (Å²) in [6.45, 7) is 0. The van der Waals surface area contributed by atoms with Crippen molar-refractivity contribution < 1.29 is 9.18 Å². The van der Waals surface area contributed by atoms with Crippen LogP contribution in [0.25, 0.3) is 0 Å². The molecule has 88 valence electrons. The van der Waals surface area contributed by atoms with Gasteiger partial charge in [0.25, 0.3) is 0 Å². The Morgan fingerprint density at radius 1 is 1.53 bits per heavy atom. The predicted octanol–water partition coefficient (Wildman–Crippen LogP) is 3.21. The van der Waals surface area contributed by atoms with E-state index >= 15 is 0 Å². The highest BCUT2D eigenvalue weighted by molar-refractivity contribution is 9.10. The maximum Gasteiger partial charge on any atom is 0.215 e. The molecule has 0 amide bonds. The normalized spacial score (nSPS) is 10.6. The summed E-state index contributed by atoms with van der Waals surface area (Å²) in [4.78, 5) is 15.8.